The standard InChI is InChI=1S/C10H15N3S/c1-10(2,3)7-6-4-5-11-8(6)13-9(14)12-7/h4-5H2,1-3H3,(H2,11,12,13,14). The molecule has 1 aliphatic rings. The summed E-state index contributed by atoms with van der Waals surface area (Å²) in [5, 5.41) is 3.26. The van der Waals surface area contributed by atoms with Gasteiger partial charge in [0.25, 0.3) is 0 Å². The number of hydrogen-bond donors (Lipinski definition) is 2. The van der Waals surface area contributed by atoms with Crippen molar-refractivity contribution in [3.8, 4) is 0 Å². The largest absolute Gasteiger partial charge is 0.369 e. The van der Waals surface area contributed by atoms with Gasteiger partial charge in [0.1, 0.15) is 5.82 Å². The van der Waals surface area contributed by atoms with Crippen LogP contribution in [-0.2, 0) is 11.8 Å². The maximum Gasteiger partial charge on any atom is 0.198 e. The van der Waals surface area contributed by atoms with Crippen LogP contribution in [0.1, 0.15) is 32.0 Å². The fraction of sp³-hybridized carbons (Fsp3) is 0.600. The normalized spacial score (nSPS) is 15.1. The fourth-order valence-corrected chi connectivity index (χ4v) is 2.03. The molecule has 0 unspecified atom stereocenters. The second kappa shape index (κ2) is 3.05. The van der Waals surface area contributed by atoms with Crippen LogP contribution in [0.5, 0.6) is 0 Å². The number of anilines is 1. The Morgan fingerprint density at radius 3 is 2.71 bits per heavy atom. The highest BCUT2D eigenvalue weighted by atomic mass is 32.1. The van der Waals surface area contributed by atoms with Gasteiger partial charge in [-0.3, -0.25) is 0 Å². The number of H-pyrrole nitrogens is 1. The molecule has 14 heavy (non-hydrogen) atoms. The minimum atomic E-state index is 0.104. The highest BCUT2D eigenvalue weighted by molar-refractivity contribution is 7.71. The van der Waals surface area contributed by atoms with Crippen LogP contribution in [0.3, 0.4) is 0 Å². The maximum absolute atomic E-state index is 5.10. The second-order valence-electron chi connectivity index (χ2n) is 4.67. The van der Waals surface area contributed by atoms with Crippen molar-refractivity contribution >= 4 is 18.0 Å². The van der Waals surface area contributed by atoms with E-state index < -0.39 is 0 Å². The third-order valence-corrected chi connectivity index (χ3v) is 2.64. The van der Waals surface area contributed by atoms with E-state index in [-0.39, 0.29) is 5.41 Å². The van der Waals surface area contributed by atoms with Gasteiger partial charge in [-0.1, -0.05) is 20.8 Å². The first-order valence-electron chi connectivity index (χ1n) is 4.86. The summed E-state index contributed by atoms with van der Waals surface area (Å²) >= 11 is 5.10. The molecule has 1 aliphatic heterocycles. The average Bonchev–Trinajstić information content (AvgIpc) is 2.47. The smallest absolute Gasteiger partial charge is 0.198 e. The lowest BCUT2D eigenvalue weighted by atomic mass is 9.88. The van der Waals surface area contributed by atoms with Crippen LogP contribution < -0.4 is 5.32 Å². The molecular weight excluding hydrogens is 194 g/mol. The summed E-state index contributed by atoms with van der Waals surface area (Å²) in [5.41, 5.74) is 2.62. The van der Waals surface area contributed by atoms with E-state index in [2.05, 4.69) is 36.1 Å². The molecule has 2 heterocycles. The number of hydrogen-bond acceptors (Lipinski definition) is 3. The van der Waals surface area contributed by atoms with E-state index in [1.54, 1.807) is 0 Å². The number of nitrogens with zero attached hydrogens (tertiary/aromatic N) is 1. The van der Waals surface area contributed by atoms with Gasteiger partial charge in [-0.2, -0.15) is 0 Å². The van der Waals surface area contributed by atoms with E-state index in [4.69, 9.17) is 12.2 Å². The summed E-state index contributed by atoms with van der Waals surface area (Å²) in [5.74, 6) is 0.971. The Balaban J connectivity index is 2.66. The predicted octanol–water partition coefficient (Wildman–Crippen LogP) is 2.40. The third-order valence-electron chi connectivity index (χ3n) is 2.45. The molecule has 0 aromatic carbocycles. The molecule has 0 bridgehead atoms. The highest BCUT2D eigenvalue weighted by Gasteiger charge is 2.24. The number of aromatic nitrogens is 2. The molecule has 2 rings (SSSR count). The van der Waals surface area contributed by atoms with Gasteiger partial charge in [0, 0.05) is 23.2 Å². The van der Waals surface area contributed by atoms with E-state index in [9.17, 15) is 0 Å². The van der Waals surface area contributed by atoms with Crippen LogP contribution in [0.2, 0.25) is 0 Å². The van der Waals surface area contributed by atoms with E-state index in [0.717, 1.165) is 18.8 Å². The molecule has 0 spiro atoms. The average molecular weight is 209 g/mol. The Morgan fingerprint density at radius 1 is 1.36 bits per heavy atom. The van der Waals surface area contributed by atoms with Gasteiger partial charge >= 0.3 is 0 Å². The van der Waals surface area contributed by atoms with Crippen molar-refractivity contribution in [3.05, 3.63) is 16.0 Å². The zero-order valence-electron chi connectivity index (χ0n) is 8.77. The molecule has 0 aliphatic carbocycles. The molecule has 0 atom stereocenters. The Bertz CT molecular complexity index is 414. The van der Waals surface area contributed by atoms with Gasteiger partial charge < -0.3 is 10.3 Å². The van der Waals surface area contributed by atoms with Crippen molar-refractivity contribution < 1.29 is 0 Å². The minimum Gasteiger partial charge on any atom is -0.369 e. The summed E-state index contributed by atoms with van der Waals surface area (Å²) in [6.07, 6.45) is 1.04. The summed E-state index contributed by atoms with van der Waals surface area (Å²) in [7, 11) is 0. The van der Waals surface area contributed by atoms with Gasteiger partial charge in [0.2, 0.25) is 0 Å². The Morgan fingerprint density at radius 2 is 2.07 bits per heavy atom. The van der Waals surface area contributed by atoms with Gasteiger partial charge in [-0.25, -0.2) is 4.98 Å². The third kappa shape index (κ3) is 1.54. The Labute approximate surface area is 89.0 Å². The van der Waals surface area contributed by atoms with Crippen LogP contribution in [0, 0.1) is 4.77 Å². The lowest BCUT2D eigenvalue weighted by molar-refractivity contribution is 0.560. The van der Waals surface area contributed by atoms with Crippen molar-refractivity contribution in [1.82, 2.24) is 9.97 Å². The van der Waals surface area contributed by atoms with Gasteiger partial charge in [-0.05, 0) is 18.6 Å². The second-order valence-corrected chi connectivity index (χ2v) is 5.06. The summed E-state index contributed by atoms with van der Waals surface area (Å²) in [6.45, 7) is 7.53. The number of rotatable bonds is 0. The van der Waals surface area contributed by atoms with Crippen LogP contribution in [0.15, 0.2) is 0 Å². The molecule has 4 heteroatoms. The molecule has 3 nitrogen and oxygen atoms in total. The van der Waals surface area contributed by atoms with Crippen molar-refractivity contribution in [1.29, 1.82) is 0 Å². The monoisotopic (exact) mass is 209 g/mol. The molecular formula is C10H15N3S. The van der Waals surface area contributed by atoms with Crippen molar-refractivity contribution in [2.45, 2.75) is 32.6 Å². The zero-order chi connectivity index (χ0) is 10.3. The van der Waals surface area contributed by atoms with Crippen LogP contribution in [0.25, 0.3) is 0 Å². The quantitative estimate of drug-likeness (QED) is 0.645. The number of nitrogens with one attached hydrogen (secondary N) is 2. The molecule has 1 aromatic heterocycles. The fourth-order valence-electron chi connectivity index (χ4n) is 1.83. The van der Waals surface area contributed by atoms with Gasteiger partial charge in [0.05, 0.1) is 0 Å². The summed E-state index contributed by atoms with van der Waals surface area (Å²) < 4.78 is 0.572. The van der Waals surface area contributed by atoms with Gasteiger partial charge in [0.15, 0.2) is 4.77 Å². The summed E-state index contributed by atoms with van der Waals surface area (Å²) in [6, 6.07) is 0. The predicted molar refractivity (Wildman–Crippen MR) is 60.3 cm³/mol. The zero-order valence-corrected chi connectivity index (χ0v) is 9.59. The first-order valence-corrected chi connectivity index (χ1v) is 5.27. The maximum atomic E-state index is 5.10. The molecule has 1 aromatic rings. The molecule has 0 saturated heterocycles. The van der Waals surface area contributed by atoms with Crippen molar-refractivity contribution in [2.24, 2.45) is 0 Å². The van der Waals surface area contributed by atoms with Gasteiger partial charge in [-0.15, -0.1) is 0 Å². The SMILES string of the molecule is CC(C)(C)c1[nH]c(=S)nc2c1CCN2. The minimum absolute atomic E-state index is 0.104. The topological polar surface area (TPSA) is 40.7 Å². The lowest BCUT2D eigenvalue weighted by Crippen LogP contribution is -2.17. The molecule has 2 N–H and O–H groups in total. The number of aromatic amines is 1. The summed E-state index contributed by atoms with van der Waals surface area (Å²) in [4.78, 5) is 7.49. The molecule has 0 amide bonds. The van der Waals surface area contributed by atoms with E-state index in [0.29, 0.717) is 4.77 Å². The first-order chi connectivity index (χ1) is 6.48. The van der Waals surface area contributed by atoms with E-state index in [1.165, 1.54) is 11.3 Å². The first kappa shape index (κ1) is 9.65. The Hall–Kier alpha value is -0.900. The molecule has 0 fully saturated rings. The van der Waals surface area contributed by atoms with Crippen LogP contribution in [0.4, 0.5) is 5.82 Å². The van der Waals surface area contributed by atoms with Crippen molar-refractivity contribution in [3.63, 3.8) is 0 Å². The molecule has 0 radical (unpaired) electrons. The van der Waals surface area contributed by atoms with E-state index >= 15 is 0 Å². The van der Waals surface area contributed by atoms with Crippen molar-refractivity contribution in [2.75, 3.05) is 11.9 Å². The molecule has 0 saturated carbocycles. The molecule has 76 valence electrons. The van der Waals surface area contributed by atoms with Crippen LogP contribution in [-0.4, -0.2) is 16.5 Å². The Kier molecular flexibility index (Phi) is 2.10. The van der Waals surface area contributed by atoms with Crippen LogP contribution >= 0.6 is 12.2 Å². The lowest BCUT2D eigenvalue weighted by Gasteiger charge is -2.21. The highest BCUT2D eigenvalue weighted by Crippen LogP contribution is 2.30. The number of fused-ring (bicyclic) bond motifs is 1. The van der Waals surface area contributed by atoms with E-state index in [1.807, 2.05) is 0 Å².